The van der Waals surface area contributed by atoms with Crippen molar-refractivity contribution in [2.45, 2.75) is 26.7 Å². The van der Waals surface area contributed by atoms with Gasteiger partial charge in [-0.25, -0.2) is 0 Å². The Hall–Kier alpha value is -1.84. The second kappa shape index (κ2) is 6.03. The Balaban J connectivity index is 2.56. The van der Waals surface area contributed by atoms with E-state index in [4.69, 9.17) is 4.74 Å². The Morgan fingerprint density at radius 1 is 1.18 bits per heavy atom. The van der Waals surface area contributed by atoms with E-state index in [1.54, 1.807) is 19.1 Å². The Kier molecular flexibility index (Phi) is 4.69. The highest BCUT2D eigenvalue weighted by atomic mass is 16.7. The third kappa shape index (κ3) is 4.26. The molecule has 0 spiro atoms. The largest absolute Gasteiger partial charge is 0.457 e. The molecule has 0 aromatic heterocycles. The first kappa shape index (κ1) is 13.2. The number of ether oxygens (including phenoxy) is 2. The van der Waals surface area contributed by atoms with Crippen LogP contribution in [0.25, 0.3) is 0 Å². The molecule has 92 valence electrons. The monoisotopic (exact) mass is 236 g/mol. The molecule has 0 saturated carbocycles. The number of carbonyl (C=O) groups is 2. The second-order valence-corrected chi connectivity index (χ2v) is 3.80. The molecule has 0 aliphatic heterocycles. The first-order valence-corrected chi connectivity index (χ1v) is 5.37. The number of rotatable bonds is 5. The Labute approximate surface area is 101 Å². The molecule has 0 bridgehead atoms. The highest BCUT2D eigenvalue weighted by Crippen LogP contribution is 2.19. The van der Waals surface area contributed by atoms with Crippen LogP contribution < -0.4 is 4.74 Å². The lowest BCUT2D eigenvalue weighted by molar-refractivity contribution is -0.147. The number of ketones is 1. The fourth-order valence-corrected chi connectivity index (χ4v) is 1.27. The molecule has 1 aromatic carbocycles. The third-order valence-corrected chi connectivity index (χ3v) is 2.48. The summed E-state index contributed by atoms with van der Waals surface area (Å²) in [5.74, 6) is 0.230. The van der Waals surface area contributed by atoms with Crippen LogP contribution in [-0.4, -0.2) is 18.5 Å². The number of hydrogen-bond acceptors (Lipinski definition) is 4. The summed E-state index contributed by atoms with van der Waals surface area (Å²) in [6.45, 7) is 4.64. The van der Waals surface area contributed by atoms with E-state index in [0.29, 0.717) is 5.75 Å². The van der Waals surface area contributed by atoms with Crippen molar-refractivity contribution in [2.24, 2.45) is 0 Å². The zero-order valence-corrected chi connectivity index (χ0v) is 10.2. The average Bonchev–Trinajstić information content (AvgIpc) is 2.28. The first-order chi connectivity index (χ1) is 8.00. The van der Waals surface area contributed by atoms with Gasteiger partial charge in [-0.15, -0.1) is 0 Å². The van der Waals surface area contributed by atoms with Crippen molar-refractivity contribution in [3.05, 3.63) is 29.8 Å². The van der Waals surface area contributed by atoms with Crippen molar-refractivity contribution in [3.63, 3.8) is 0 Å². The summed E-state index contributed by atoms with van der Waals surface area (Å²) in [4.78, 5) is 21.7. The minimum Gasteiger partial charge on any atom is -0.457 e. The van der Waals surface area contributed by atoms with E-state index in [9.17, 15) is 9.59 Å². The summed E-state index contributed by atoms with van der Waals surface area (Å²) in [7, 11) is 0. The smallest absolute Gasteiger partial charge is 0.305 e. The first-order valence-electron chi connectivity index (χ1n) is 5.37. The summed E-state index contributed by atoms with van der Waals surface area (Å²) in [6.07, 6.45) is 0. The molecule has 1 unspecified atom stereocenters. The lowest BCUT2D eigenvalue weighted by Crippen LogP contribution is -2.07. The number of benzene rings is 1. The van der Waals surface area contributed by atoms with Gasteiger partial charge in [0.2, 0.25) is 6.79 Å². The summed E-state index contributed by atoms with van der Waals surface area (Å²) in [5.41, 5.74) is 0.942. The van der Waals surface area contributed by atoms with Crippen LogP contribution in [0.4, 0.5) is 0 Å². The molecular weight excluding hydrogens is 220 g/mol. The molecule has 0 aliphatic carbocycles. The lowest BCUT2D eigenvalue weighted by Gasteiger charge is -2.09. The number of Topliss-reactive ketones (excluding diaryl/α,β-unsaturated/α-hetero) is 1. The van der Waals surface area contributed by atoms with Gasteiger partial charge >= 0.3 is 5.97 Å². The van der Waals surface area contributed by atoms with E-state index < -0.39 is 0 Å². The van der Waals surface area contributed by atoms with Crippen LogP contribution in [-0.2, 0) is 14.3 Å². The molecule has 0 amide bonds. The van der Waals surface area contributed by atoms with Crippen molar-refractivity contribution in [2.75, 3.05) is 6.79 Å². The molecule has 0 radical (unpaired) electrons. The zero-order chi connectivity index (χ0) is 12.8. The van der Waals surface area contributed by atoms with Gasteiger partial charge in [-0.2, -0.15) is 0 Å². The van der Waals surface area contributed by atoms with Gasteiger partial charge in [0, 0.05) is 12.8 Å². The summed E-state index contributed by atoms with van der Waals surface area (Å²) in [5, 5.41) is 0. The minimum atomic E-state index is -0.383. The van der Waals surface area contributed by atoms with Crippen LogP contribution in [0.5, 0.6) is 5.75 Å². The van der Waals surface area contributed by atoms with E-state index in [2.05, 4.69) is 4.74 Å². The minimum absolute atomic E-state index is 0.100. The molecule has 17 heavy (non-hydrogen) atoms. The van der Waals surface area contributed by atoms with Crippen LogP contribution in [0.3, 0.4) is 0 Å². The van der Waals surface area contributed by atoms with Crippen LogP contribution in [0.15, 0.2) is 24.3 Å². The molecule has 0 fully saturated rings. The molecule has 4 nitrogen and oxygen atoms in total. The van der Waals surface area contributed by atoms with E-state index in [1.165, 1.54) is 6.92 Å². The lowest BCUT2D eigenvalue weighted by atomic mass is 9.98. The topological polar surface area (TPSA) is 52.6 Å². The van der Waals surface area contributed by atoms with Crippen LogP contribution in [0.2, 0.25) is 0 Å². The van der Waals surface area contributed by atoms with Crippen molar-refractivity contribution in [1.29, 1.82) is 0 Å². The van der Waals surface area contributed by atoms with Gasteiger partial charge in [0.1, 0.15) is 11.5 Å². The summed E-state index contributed by atoms with van der Waals surface area (Å²) >= 11 is 0. The molecule has 1 aromatic rings. The molecular formula is C13H16O4. The van der Waals surface area contributed by atoms with Crippen molar-refractivity contribution in [1.82, 2.24) is 0 Å². The predicted molar refractivity (Wildman–Crippen MR) is 62.8 cm³/mol. The van der Waals surface area contributed by atoms with Crippen molar-refractivity contribution >= 4 is 11.8 Å². The van der Waals surface area contributed by atoms with Gasteiger partial charge in [0.15, 0.2) is 0 Å². The van der Waals surface area contributed by atoms with E-state index in [0.717, 1.165) is 5.56 Å². The normalized spacial score (nSPS) is 11.7. The molecule has 1 rings (SSSR count). The number of hydrogen-bond donors (Lipinski definition) is 0. The van der Waals surface area contributed by atoms with Gasteiger partial charge < -0.3 is 9.47 Å². The summed E-state index contributed by atoms with van der Waals surface area (Å²) < 4.78 is 9.83. The fraction of sp³-hybridized carbons (Fsp3) is 0.385. The van der Waals surface area contributed by atoms with Gasteiger partial charge in [-0.05, 0) is 24.6 Å². The Morgan fingerprint density at radius 3 is 2.24 bits per heavy atom. The van der Waals surface area contributed by atoms with Crippen molar-refractivity contribution in [3.8, 4) is 5.75 Å². The second-order valence-electron chi connectivity index (χ2n) is 3.80. The predicted octanol–water partition coefficient (Wildman–Crippen LogP) is 2.28. The average molecular weight is 236 g/mol. The van der Waals surface area contributed by atoms with Crippen LogP contribution >= 0.6 is 0 Å². The quantitative estimate of drug-likeness (QED) is 0.581. The van der Waals surface area contributed by atoms with Crippen LogP contribution in [0.1, 0.15) is 32.3 Å². The van der Waals surface area contributed by atoms with Gasteiger partial charge in [0.25, 0.3) is 0 Å². The van der Waals surface area contributed by atoms with Crippen LogP contribution in [0, 0.1) is 0 Å². The number of carbonyl (C=O) groups excluding carboxylic acids is 2. The number of esters is 1. The van der Waals surface area contributed by atoms with E-state index in [1.807, 2.05) is 19.1 Å². The highest BCUT2D eigenvalue weighted by Gasteiger charge is 2.09. The Bertz CT molecular complexity index is 394. The van der Waals surface area contributed by atoms with E-state index >= 15 is 0 Å². The van der Waals surface area contributed by atoms with Gasteiger partial charge in [0.05, 0.1) is 0 Å². The van der Waals surface area contributed by atoms with E-state index in [-0.39, 0.29) is 24.5 Å². The fourth-order valence-electron chi connectivity index (χ4n) is 1.27. The maximum absolute atomic E-state index is 11.2. The maximum Gasteiger partial charge on any atom is 0.305 e. The molecule has 0 heterocycles. The molecule has 4 heteroatoms. The zero-order valence-electron chi connectivity index (χ0n) is 10.2. The summed E-state index contributed by atoms with van der Waals surface area (Å²) in [6, 6.07) is 7.15. The van der Waals surface area contributed by atoms with Gasteiger partial charge in [-0.3, -0.25) is 9.59 Å². The Morgan fingerprint density at radius 2 is 1.76 bits per heavy atom. The van der Waals surface area contributed by atoms with Crippen molar-refractivity contribution < 1.29 is 19.1 Å². The molecule has 1 atom stereocenters. The third-order valence-electron chi connectivity index (χ3n) is 2.48. The standard InChI is InChI=1S/C13H16O4/c1-9(10(2)14)12-4-6-13(7-5-12)17-8-16-11(3)15/h4-7,9H,8H2,1-3H3. The molecule has 0 saturated heterocycles. The molecule has 0 N–H and O–H groups in total. The van der Waals surface area contributed by atoms with Gasteiger partial charge in [-0.1, -0.05) is 19.1 Å². The molecule has 0 aliphatic rings. The highest BCUT2D eigenvalue weighted by molar-refractivity contribution is 5.82. The SMILES string of the molecule is CC(=O)OCOc1ccc(C(C)C(C)=O)cc1. The maximum atomic E-state index is 11.2.